The molecule has 0 saturated carbocycles. The van der Waals surface area contributed by atoms with Gasteiger partial charge < -0.3 is 9.47 Å². The van der Waals surface area contributed by atoms with Crippen LogP contribution in [0, 0.1) is 27.6 Å². The van der Waals surface area contributed by atoms with Crippen LogP contribution >= 0.6 is 0 Å². The van der Waals surface area contributed by atoms with E-state index in [0.29, 0.717) is 0 Å². The lowest BCUT2D eigenvalue weighted by atomic mass is 10.2. The Hall–Kier alpha value is -2.32. The van der Waals surface area contributed by atoms with Crippen molar-refractivity contribution in [3.63, 3.8) is 0 Å². The Morgan fingerprint density at radius 2 is 1.94 bits per heavy atom. The summed E-state index contributed by atoms with van der Waals surface area (Å²) in [6.45, 7) is 1.32. The van der Waals surface area contributed by atoms with Crippen molar-refractivity contribution in [3.05, 3.63) is 33.6 Å². The van der Waals surface area contributed by atoms with Gasteiger partial charge in [0.2, 0.25) is 17.5 Å². The van der Waals surface area contributed by atoms with Crippen LogP contribution < -0.4 is 4.74 Å². The molecule has 0 unspecified atom stereocenters. The molecule has 0 saturated heterocycles. The van der Waals surface area contributed by atoms with Gasteiger partial charge in [-0.1, -0.05) is 0 Å². The van der Waals surface area contributed by atoms with Crippen molar-refractivity contribution in [1.29, 1.82) is 0 Å². The Morgan fingerprint density at radius 3 is 2.44 bits per heavy atom. The number of hydrogen-bond acceptors (Lipinski definition) is 5. The maximum atomic E-state index is 13.1. The summed E-state index contributed by atoms with van der Waals surface area (Å²) in [5.41, 5.74) is -1.35. The number of ether oxygens (including phenoxy) is 2. The van der Waals surface area contributed by atoms with Crippen LogP contribution in [-0.4, -0.2) is 17.7 Å². The first-order valence-corrected chi connectivity index (χ1v) is 4.55. The molecule has 18 heavy (non-hydrogen) atoms. The topological polar surface area (TPSA) is 78.7 Å². The number of benzene rings is 1. The van der Waals surface area contributed by atoms with Crippen molar-refractivity contribution in [1.82, 2.24) is 0 Å². The number of halogens is 3. The van der Waals surface area contributed by atoms with Crippen LogP contribution in [0.1, 0.15) is 6.92 Å². The van der Waals surface area contributed by atoms with Gasteiger partial charge in [-0.05, 0) is 6.92 Å². The lowest BCUT2D eigenvalue weighted by molar-refractivity contribution is -0.387. The molecule has 0 amide bonds. The number of hydrogen-bond donors (Lipinski definition) is 0. The summed E-state index contributed by atoms with van der Waals surface area (Å²) in [5, 5.41) is 10.4. The number of nitrogens with zero attached hydrogens (tertiary/aromatic N) is 1. The van der Waals surface area contributed by atoms with Gasteiger partial charge in [0, 0.05) is 0 Å². The minimum atomic E-state index is -2.11. The Labute approximate surface area is 98.1 Å². The molecule has 0 aliphatic rings. The first-order valence-electron chi connectivity index (χ1n) is 4.55. The average molecular weight is 265 g/mol. The number of carbonyl (C=O) groups is 1. The molecule has 9 heteroatoms. The molecular weight excluding hydrogens is 259 g/mol. The summed E-state index contributed by atoms with van der Waals surface area (Å²) in [6, 6.07) is 0.255. The van der Waals surface area contributed by atoms with Crippen molar-refractivity contribution in [2.24, 2.45) is 0 Å². The highest BCUT2D eigenvalue weighted by molar-refractivity contribution is 5.64. The van der Waals surface area contributed by atoms with Crippen LogP contribution in [0.15, 0.2) is 6.07 Å². The van der Waals surface area contributed by atoms with Gasteiger partial charge in [-0.2, -0.15) is 8.78 Å². The second-order valence-electron chi connectivity index (χ2n) is 2.88. The van der Waals surface area contributed by atoms with E-state index in [0.717, 1.165) is 0 Å². The molecule has 0 spiro atoms. The number of nitro groups is 1. The summed E-state index contributed by atoms with van der Waals surface area (Å²) < 4.78 is 47.5. The van der Waals surface area contributed by atoms with E-state index < -0.39 is 40.0 Å². The van der Waals surface area contributed by atoms with Crippen LogP contribution in [0.3, 0.4) is 0 Å². The third kappa shape index (κ3) is 2.67. The summed E-state index contributed by atoms with van der Waals surface area (Å²) in [4.78, 5) is 19.9. The zero-order valence-electron chi connectivity index (χ0n) is 8.91. The van der Waals surface area contributed by atoms with Gasteiger partial charge in [-0.15, -0.1) is 0 Å². The maximum absolute atomic E-state index is 13.1. The van der Waals surface area contributed by atoms with Crippen LogP contribution in [0.4, 0.5) is 23.7 Å². The largest absolute Gasteiger partial charge is 0.513 e. The van der Waals surface area contributed by atoms with E-state index in [1.807, 2.05) is 0 Å². The summed E-state index contributed by atoms with van der Waals surface area (Å²) in [5.74, 6) is -7.07. The molecule has 98 valence electrons. The van der Waals surface area contributed by atoms with Gasteiger partial charge in [0.25, 0.3) is 0 Å². The molecule has 1 aromatic rings. The maximum Gasteiger partial charge on any atom is 0.513 e. The predicted octanol–water partition coefficient (Wildman–Crippen LogP) is 2.55. The molecule has 0 bridgehead atoms. The molecule has 0 aromatic heterocycles. The van der Waals surface area contributed by atoms with E-state index in [2.05, 4.69) is 9.47 Å². The number of carbonyl (C=O) groups excluding carboxylic acids is 1. The molecule has 0 radical (unpaired) electrons. The Morgan fingerprint density at radius 1 is 1.33 bits per heavy atom. The number of rotatable bonds is 3. The van der Waals surface area contributed by atoms with Crippen LogP contribution in [0.25, 0.3) is 0 Å². The van der Waals surface area contributed by atoms with Gasteiger partial charge in [-0.3, -0.25) is 10.1 Å². The first-order chi connectivity index (χ1) is 8.38. The standard InChI is InChI=1S/C9H6F3NO5/c1-2-17-9(14)18-5-3-4(13(15)16)6(10)8(12)7(5)11/h3H,2H2,1H3. The van der Waals surface area contributed by atoms with E-state index in [9.17, 15) is 28.1 Å². The van der Waals surface area contributed by atoms with Crippen molar-refractivity contribution in [2.75, 3.05) is 6.61 Å². The van der Waals surface area contributed by atoms with Crippen LogP contribution in [0.2, 0.25) is 0 Å². The molecule has 1 aromatic carbocycles. The zero-order valence-corrected chi connectivity index (χ0v) is 8.91. The molecule has 0 atom stereocenters. The smallest absolute Gasteiger partial charge is 0.434 e. The number of nitro benzene ring substituents is 1. The van der Waals surface area contributed by atoms with E-state index in [1.165, 1.54) is 6.92 Å². The van der Waals surface area contributed by atoms with E-state index in [-0.39, 0.29) is 12.7 Å². The Kier molecular flexibility index (Phi) is 4.08. The fourth-order valence-corrected chi connectivity index (χ4v) is 1.01. The molecule has 0 aliphatic carbocycles. The highest BCUT2D eigenvalue weighted by Gasteiger charge is 2.27. The second kappa shape index (κ2) is 5.34. The van der Waals surface area contributed by atoms with E-state index in [4.69, 9.17) is 0 Å². The minimum absolute atomic E-state index is 0.105. The summed E-state index contributed by atoms with van der Waals surface area (Å²) in [7, 11) is 0. The molecular formula is C9H6F3NO5. The van der Waals surface area contributed by atoms with Crippen molar-refractivity contribution in [3.8, 4) is 5.75 Å². The highest BCUT2D eigenvalue weighted by atomic mass is 19.2. The van der Waals surface area contributed by atoms with Crippen molar-refractivity contribution >= 4 is 11.8 Å². The van der Waals surface area contributed by atoms with Gasteiger partial charge in [-0.25, -0.2) is 9.18 Å². The predicted molar refractivity (Wildman–Crippen MR) is 50.6 cm³/mol. The highest BCUT2D eigenvalue weighted by Crippen LogP contribution is 2.30. The molecule has 1 rings (SSSR count). The third-order valence-electron chi connectivity index (χ3n) is 1.75. The second-order valence-corrected chi connectivity index (χ2v) is 2.88. The molecule has 0 N–H and O–H groups in total. The normalized spacial score (nSPS) is 10.0. The van der Waals surface area contributed by atoms with E-state index in [1.54, 1.807) is 0 Å². The van der Waals surface area contributed by atoms with Crippen LogP contribution in [0.5, 0.6) is 5.75 Å². The third-order valence-corrected chi connectivity index (χ3v) is 1.75. The molecule has 0 fully saturated rings. The quantitative estimate of drug-likeness (QED) is 0.276. The lowest BCUT2D eigenvalue weighted by Crippen LogP contribution is -2.12. The van der Waals surface area contributed by atoms with Gasteiger partial charge in [0.05, 0.1) is 17.6 Å². The fourth-order valence-electron chi connectivity index (χ4n) is 1.01. The summed E-state index contributed by atoms with van der Waals surface area (Å²) in [6.07, 6.45) is -1.39. The van der Waals surface area contributed by atoms with Crippen molar-refractivity contribution in [2.45, 2.75) is 6.92 Å². The van der Waals surface area contributed by atoms with Crippen molar-refractivity contribution < 1.29 is 32.4 Å². The molecule has 0 aliphatic heterocycles. The zero-order chi connectivity index (χ0) is 13.9. The van der Waals surface area contributed by atoms with Gasteiger partial charge in [0.15, 0.2) is 5.75 Å². The Bertz CT molecular complexity index is 505. The average Bonchev–Trinajstić information content (AvgIpc) is 2.30. The fraction of sp³-hybridized carbons (Fsp3) is 0.222. The summed E-state index contributed by atoms with van der Waals surface area (Å²) >= 11 is 0. The SMILES string of the molecule is CCOC(=O)Oc1cc([N+](=O)[O-])c(F)c(F)c1F. The van der Waals surface area contributed by atoms with Crippen LogP contribution in [-0.2, 0) is 4.74 Å². The minimum Gasteiger partial charge on any atom is -0.434 e. The molecule has 6 nitrogen and oxygen atoms in total. The lowest BCUT2D eigenvalue weighted by Gasteiger charge is -2.06. The molecule has 0 heterocycles. The first kappa shape index (κ1) is 13.7. The van der Waals surface area contributed by atoms with Gasteiger partial charge >= 0.3 is 11.8 Å². The van der Waals surface area contributed by atoms with Gasteiger partial charge in [0.1, 0.15) is 0 Å². The Balaban J connectivity index is 3.20. The monoisotopic (exact) mass is 265 g/mol. The van der Waals surface area contributed by atoms with E-state index >= 15 is 0 Å².